The first-order valence-corrected chi connectivity index (χ1v) is 4.27. The molecular weight excluding hydrogens is 154 g/mol. The van der Waals surface area contributed by atoms with E-state index in [0.29, 0.717) is 18.0 Å². The van der Waals surface area contributed by atoms with Gasteiger partial charge in [0, 0.05) is 17.7 Å². The van der Waals surface area contributed by atoms with Gasteiger partial charge in [-0.3, -0.25) is 0 Å². The second-order valence-electron chi connectivity index (χ2n) is 3.58. The lowest BCUT2D eigenvalue weighted by molar-refractivity contribution is -0.136. The van der Waals surface area contributed by atoms with Crippen LogP contribution in [-0.4, -0.2) is 25.2 Å². The molecule has 1 saturated heterocycles. The third kappa shape index (κ3) is 1.14. The van der Waals surface area contributed by atoms with E-state index >= 15 is 0 Å². The van der Waals surface area contributed by atoms with Gasteiger partial charge in [0.15, 0.2) is 0 Å². The van der Waals surface area contributed by atoms with E-state index in [9.17, 15) is 4.79 Å². The number of ether oxygens (including phenoxy) is 1. The number of hydrogen-bond donors (Lipinski definition) is 1. The second kappa shape index (κ2) is 2.59. The molecule has 1 fully saturated rings. The standard InChI is InChI=1S/C9H13NO2/c1-5-3-6(9(11)12-2)4-7-8(5)10-7/h4-5,7-8,10H,3H2,1-2H3. The fraction of sp³-hybridized carbons (Fsp3) is 0.667. The molecule has 3 heteroatoms. The van der Waals surface area contributed by atoms with Gasteiger partial charge in [0.05, 0.1) is 7.11 Å². The van der Waals surface area contributed by atoms with E-state index in [4.69, 9.17) is 0 Å². The summed E-state index contributed by atoms with van der Waals surface area (Å²) < 4.78 is 4.67. The number of methoxy groups -OCH3 is 1. The van der Waals surface area contributed by atoms with Gasteiger partial charge in [-0.05, 0) is 12.3 Å². The van der Waals surface area contributed by atoms with Crippen molar-refractivity contribution in [3.63, 3.8) is 0 Å². The fourth-order valence-electron chi connectivity index (χ4n) is 1.88. The molecule has 1 aliphatic heterocycles. The van der Waals surface area contributed by atoms with Crippen LogP contribution < -0.4 is 5.32 Å². The molecule has 1 heterocycles. The van der Waals surface area contributed by atoms with Crippen molar-refractivity contribution in [1.29, 1.82) is 0 Å². The number of rotatable bonds is 1. The van der Waals surface area contributed by atoms with E-state index in [2.05, 4.69) is 17.0 Å². The van der Waals surface area contributed by atoms with Crippen molar-refractivity contribution in [2.24, 2.45) is 5.92 Å². The average Bonchev–Trinajstić information content (AvgIpc) is 2.82. The minimum Gasteiger partial charge on any atom is -0.466 e. The average molecular weight is 167 g/mol. The second-order valence-corrected chi connectivity index (χ2v) is 3.58. The van der Waals surface area contributed by atoms with Crippen molar-refractivity contribution in [1.82, 2.24) is 5.32 Å². The van der Waals surface area contributed by atoms with Gasteiger partial charge in [-0.25, -0.2) is 4.79 Å². The van der Waals surface area contributed by atoms with Crippen LogP contribution in [0.1, 0.15) is 13.3 Å². The Morgan fingerprint density at radius 2 is 2.50 bits per heavy atom. The predicted octanol–water partition coefficient (Wildman–Crippen LogP) is 0.466. The summed E-state index contributed by atoms with van der Waals surface area (Å²) in [6.45, 7) is 2.16. The third-order valence-electron chi connectivity index (χ3n) is 2.65. The van der Waals surface area contributed by atoms with Gasteiger partial charge in [-0.1, -0.05) is 13.0 Å². The number of esters is 1. The molecule has 1 aliphatic carbocycles. The molecule has 1 N–H and O–H groups in total. The molecule has 0 aromatic rings. The number of hydrogen-bond acceptors (Lipinski definition) is 3. The quantitative estimate of drug-likeness (QED) is 0.456. The summed E-state index contributed by atoms with van der Waals surface area (Å²) in [4.78, 5) is 11.2. The largest absolute Gasteiger partial charge is 0.466 e. The number of nitrogens with one attached hydrogen (secondary N) is 1. The molecule has 3 atom stereocenters. The van der Waals surface area contributed by atoms with Gasteiger partial charge in [-0.15, -0.1) is 0 Å². The number of carbonyl (C=O) groups is 1. The molecule has 0 saturated carbocycles. The predicted molar refractivity (Wildman–Crippen MR) is 44.6 cm³/mol. The van der Waals surface area contributed by atoms with Crippen molar-refractivity contribution in [3.05, 3.63) is 11.6 Å². The molecule has 0 radical (unpaired) electrons. The molecule has 2 rings (SSSR count). The zero-order valence-electron chi connectivity index (χ0n) is 7.33. The molecule has 12 heavy (non-hydrogen) atoms. The first kappa shape index (κ1) is 7.80. The third-order valence-corrected chi connectivity index (χ3v) is 2.65. The minimum absolute atomic E-state index is 0.172. The van der Waals surface area contributed by atoms with Gasteiger partial charge in [0.2, 0.25) is 0 Å². The highest BCUT2D eigenvalue weighted by Crippen LogP contribution is 2.33. The Bertz CT molecular complexity index is 247. The molecule has 0 aromatic carbocycles. The van der Waals surface area contributed by atoms with Gasteiger partial charge >= 0.3 is 5.97 Å². The van der Waals surface area contributed by atoms with Crippen LogP contribution in [0.5, 0.6) is 0 Å². The maximum Gasteiger partial charge on any atom is 0.333 e. The maximum absolute atomic E-state index is 11.2. The van der Waals surface area contributed by atoms with E-state index in [0.717, 1.165) is 12.0 Å². The van der Waals surface area contributed by atoms with Gasteiger partial charge in [0.1, 0.15) is 0 Å². The Hall–Kier alpha value is -0.830. The van der Waals surface area contributed by atoms with Crippen molar-refractivity contribution < 1.29 is 9.53 Å². The molecule has 0 bridgehead atoms. The van der Waals surface area contributed by atoms with E-state index in [1.807, 2.05) is 6.08 Å². The Labute approximate surface area is 71.8 Å². The molecule has 0 aromatic heterocycles. The van der Waals surface area contributed by atoms with Gasteiger partial charge in [0.25, 0.3) is 0 Å². The normalized spacial score (nSPS) is 38.2. The summed E-state index contributed by atoms with van der Waals surface area (Å²) in [6, 6.07) is 1.04. The van der Waals surface area contributed by atoms with Crippen LogP contribution in [0.3, 0.4) is 0 Å². The zero-order valence-corrected chi connectivity index (χ0v) is 7.33. The lowest BCUT2D eigenvalue weighted by Crippen LogP contribution is -2.18. The van der Waals surface area contributed by atoms with Gasteiger partial charge < -0.3 is 10.1 Å². The Kier molecular flexibility index (Phi) is 1.68. The monoisotopic (exact) mass is 167 g/mol. The number of fused-ring (bicyclic) bond motifs is 1. The highest BCUT2D eigenvalue weighted by atomic mass is 16.5. The fourth-order valence-corrected chi connectivity index (χ4v) is 1.88. The van der Waals surface area contributed by atoms with Crippen LogP contribution >= 0.6 is 0 Å². The lowest BCUT2D eigenvalue weighted by Gasteiger charge is -2.14. The van der Waals surface area contributed by atoms with Crippen molar-refractivity contribution in [2.45, 2.75) is 25.4 Å². The minimum atomic E-state index is -0.172. The van der Waals surface area contributed by atoms with E-state index < -0.39 is 0 Å². The van der Waals surface area contributed by atoms with Crippen molar-refractivity contribution in [3.8, 4) is 0 Å². The van der Waals surface area contributed by atoms with Gasteiger partial charge in [-0.2, -0.15) is 0 Å². The van der Waals surface area contributed by atoms with Crippen molar-refractivity contribution >= 4 is 5.97 Å². The van der Waals surface area contributed by atoms with Crippen LogP contribution in [-0.2, 0) is 9.53 Å². The first-order valence-electron chi connectivity index (χ1n) is 4.27. The topological polar surface area (TPSA) is 48.2 Å². The number of carbonyl (C=O) groups excluding carboxylic acids is 1. The highest BCUT2D eigenvalue weighted by Gasteiger charge is 2.43. The molecule has 3 nitrogen and oxygen atoms in total. The summed E-state index contributed by atoms with van der Waals surface area (Å²) in [5.74, 6) is 0.392. The first-order chi connectivity index (χ1) is 5.72. The van der Waals surface area contributed by atoms with Crippen LogP contribution in [0.4, 0.5) is 0 Å². The Morgan fingerprint density at radius 1 is 1.75 bits per heavy atom. The maximum atomic E-state index is 11.2. The molecule has 2 aliphatic rings. The van der Waals surface area contributed by atoms with E-state index in [1.54, 1.807) is 0 Å². The highest BCUT2D eigenvalue weighted by molar-refractivity contribution is 5.89. The van der Waals surface area contributed by atoms with Crippen molar-refractivity contribution in [2.75, 3.05) is 7.11 Å². The molecule has 66 valence electrons. The van der Waals surface area contributed by atoms with Crippen LogP contribution in [0, 0.1) is 5.92 Å². The van der Waals surface area contributed by atoms with E-state index in [-0.39, 0.29) is 5.97 Å². The Morgan fingerprint density at radius 3 is 3.08 bits per heavy atom. The molecular formula is C9H13NO2. The summed E-state index contributed by atoms with van der Waals surface area (Å²) in [7, 11) is 1.43. The lowest BCUT2D eigenvalue weighted by atomic mass is 9.90. The van der Waals surface area contributed by atoms with Crippen LogP contribution in [0.25, 0.3) is 0 Å². The zero-order chi connectivity index (χ0) is 8.72. The smallest absolute Gasteiger partial charge is 0.333 e. The van der Waals surface area contributed by atoms with E-state index in [1.165, 1.54) is 7.11 Å². The van der Waals surface area contributed by atoms with Crippen LogP contribution in [0.15, 0.2) is 11.6 Å². The molecule has 0 amide bonds. The Balaban J connectivity index is 2.11. The summed E-state index contributed by atoms with van der Waals surface area (Å²) in [6.07, 6.45) is 2.84. The summed E-state index contributed by atoms with van der Waals surface area (Å²) in [5.41, 5.74) is 0.830. The van der Waals surface area contributed by atoms with Crippen LogP contribution in [0.2, 0.25) is 0 Å². The SMILES string of the molecule is COC(=O)C1=CC2NC2C(C)C1. The molecule has 3 unspecified atom stereocenters. The summed E-state index contributed by atoms with van der Waals surface area (Å²) in [5, 5.41) is 3.31. The summed E-state index contributed by atoms with van der Waals surface area (Å²) >= 11 is 0. The molecule has 0 spiro atoms.